The molecule has 0 bridgehead atoms. The van der Waals surface area contributed by atoms with Crippen molar-refractivity contribution in [3.05, 3.63) is 29.8 Å². The van der Waals surface area contributed by atoms with Crippen molar-refractivity contribution in [2.75, 3.05) is 26.7 Å². The van der Waals surface area contributed by atoms with Crippen LogP contribution in [-0.2, 0) is 4.74 Å². The lowest BCUT2D eigenvalue weighted by molar-refractivity contribution is -0.0264. The quantitative estimate of drug-likeness (QED) is 0.900. The summed E-state index contributed by atoms with van der Waals surface area (Å²) >= 11 is 0. The smallest absolute Gasteiger partial charge is 0.264 e. The second-order valence-corrected chi connectivity index (χ2v) is 4.71. The van der Waals surface area contributed by atoms with Gasteiger partial charge in [-0.2, -0.15) is 4.98 Å². The van der Waals surface area contributed by atoms with Crippen molar-refractivity contribution in [1.82, 2.24) is 15.0 Å². The molecule has 1 aromatic heterocycles. The molecule has 1 aliphatic heterocycles. The van der Waals surface area contributed by atoms with Gasteiger partial charge in [-0.05, 0) is 19.2 Å². The molecule has 106 valence electrons. The number of ether oxygens (including phenoxy) is 1. The second-order valence-electron chi connectivity index (χ2n) is 4.71. The summed E-state index contributed by atoms with van der Waals surface area (Å²) in [5, 5.41) is 13.5. The van der Waals surface area contributed by atoms with Crippen molar-refractivity contribution < 1.29 is 18.8 Å². The number of nitrogens with zero attached hydrogens (tertiary/aromatic N) is 3. The highest BCUT2D eigenvalue weighted by atomic mass is 19.1. The molecule has 20 heavy (non-hydrogen) atoms. The third kappa shape index (κ3) is 2.37. The topological polar surface area (TPSA) is 71.6 Å². The first-order chi connectivity index (χ1) is 9.65. The van der Waals surface area contributed by atoms with E-state index in [4.69, 9.17) is 9.26 Å². The number of aromatic hydroxyl groups is 1. The number of halogens is 1. The molecule has 2 heterocycles. The van der Waals surface area contributed by atoms with Crippen LogP contribution in [-0.4, -0.2) is 46.9 Å². The van der Waals surface area contributed by atoms with E-state index in [2.05, 4.69) is 15.0 Å². The Balaban J connectivity index is 1.90. The predicted octanol–water partition coefficient (Wildman–Crippen LogP) is 1.58. The average Bonchev–Trinajstić information content (AvgIpc) is 2.88. The minimum atomic E-state index is -0.609. The van der Waals surface area contributed by atoms with E-state index in [1.54, 1.807) is 0 Å². The highest BCUT2D eigenvalue weighted by Crippen LogP contribution is 2.31. The van der Waals surface area contributed by atoms with Crippen LogP contribution >= 0.6 is 0 Å². The van der Waals surface area contributed by atoms with Gasteiger partial charge < -0.3 is 19.3 Å². The fraction of sp³-hybridized carbons (Fsp3) is 0.385. The molecule has 6 nitrogen and oxygen atoms in total. The lowest BCUT2D eigenvalue weighted by atomic mass is 10.2. The molecular weight excluding hydrogens is 265 g/mol. The normalized spacial score (nSPS) is 20.2. The van der Waals surface area contributed by atoms with E-state index in [-0.39, 0.29) is 23.3 Å². The number of morpholine rings is 1. The lowest BCUT2D eigenvalue weighted by Gasteiger charge is -2.27. The summed E-state index contributed by atoms with van der Waals surface area (Å²) < 4.78 is 24.3. The molecular formula is C13H14FN3O3. The molecule has 2 aromatic rings. The van der Waals surface area contributed by atoms with E-state index in [0.717, 1.165) is 6.54 Å². The number of aromatic nitrogens is 2. The Morgan fingerprint density at radius 1 is 1.45 bits per heavy atom. The second kappa shape index (κ2) is 5.18. The first-order valence-electron chi connectivity index (χ1n) is 6.27. The van der Waals surface area contributed by atoms with Gasteiger partial charge >= 0.3 is 0 Å². The summed E-state index contributed by atoms with van der Waals surface area (Å²) in [6.07, 6.45) is -0.305. The van der Waals surface area contributed by atoms with Crippen molar-refractivity contribution in [1.29, 1.82) is 0 Å². The van der Waals surface area contributed by atoms with E-state index >= 15 is 0 Å². The molecule has 3 rings (SSSR count). The fourth-order valence-corrected chi connectivity index (χ4v) is 2.13. The largest absolute Gasteiger partial charge is 0.507 e. The van der Waals surface area contributed by atoms with E-state index in [1.807, 2.05) is 7.05 Å². The van der Waals surface area contributed by atoms with Crippen LogP contribution in [0, 0.1) is 5.82 Å². The zero-order valence-electron chi connectivity index (χ0n) is 10.9. The highest BCUT2D eigenvalue weighted by Gasteiger charge is 2.26. The van der Waals surface area contributed by atoms with Crippen LogP contribution in [0.2, 0.25) is 0 Å². The summed E-state index contributed by atoms with van der Waals surface area (Å²) in [5.41, 5.74) is -0.0876. The van der Waals surface area contributed by atoms with Crippen LogP contribution in [0.1, 0.15) is 11.9 Å². The molecule has 1 saturated heterocycles. The maximum absolute atomic E-state index is 13.7. The van der Waals surface area contributed by atoms with Gasteiger partial charge in [-0.25, -0.2) is 4.39 Å². The molecule has 1 fully saturated rings. The maximum Gasteiger partial charge on any atom is 0.264 e. The van der Waals surface area contributed by atoms with Gasteiger partial charge in [-0.3, -0.25) is 0 Å². The standard InChI is InChI=1S/C13H14FN3O3/c1-17-5-6-19-10(7-17)12-15-13(20-16-12)11-8(14)3-2-4-9(11)18/h2-4,10,18H,5-7H2,1H3. The van der Waals surface area contributed by atoms with Crippen LogP contribution in [0.25, 0.3) is 11.5 Å². The Labute approximate surface area is 114 Å². The van der Waals surface area contributed by atoms with E-state index < -0.39 is 5.82 Å². The number of benzene rings is 1. The predicted molar refractivity (Wildman–Crippen MR) is 67.5 cm³/mol. The monoisotopic (exact) mass is 279 g/mol. The van der Waals surface area contributed by atoms with Gasteiger partial charge in [0.2, 0.25) is 5.82 Å². The van der Waals surface area contributed by atoms with Crippen molar-refractivity contribution in [2.24, 2.45) is 0 Å². The summed E-state index contributed by atoms with van der Waals surface area (Å²) in [7, 11) is 1.97. The SMILES string of the molecule is CN1CCOC(c2noc(-c3c(O)cccc3F)n2)C1. The first-order valence-corrected chi connectivity index (χ1v) is 6.27. The number of rotatable bonds is 2. The molecule has 1 N–H and O–H groups in total. The number of hydrogen-bond donors (Lipinski definition) is 1. The minimum Gasteiger partial charge on any atom is -0.507 e. The zero-order chi connectivity index (χ0) is 14.1. The van der Waals surface area contributed by atoms with E-state index in [9.17, 15) is 9.50 Å². The van der Waals surface area contributed by atoms with Gasteiger partial charge in [0.15, 0.2) is 0 Å². The van der Waals surface area contributed by atoms with Crippen LogP contribution in [0.5, 0.6) is 5.75 Å². The van der Waals surface area contributed by atoms with Gasteiger partial charge in [-0.15, -0.1) is 0 Å². The Morgan fingerprint density at radius 3 is 3.05 bits per heavy atom. The molecule has 7 heteroatoms. The molecule has 0 saturated carbocycles. The molecule has 0 aliphatic carbocycles. The van der Waals surface area contributed by atoms with Crippen LogP contribution in [0.15, 0.2) is 22.7 Å². The van der Waals surface area contributed by atoms with Crippen molar-refractivity contribution >= 4 is 0 Å². The van der Waals surface area contributed by atoms with Gasteiger partial charge in [0.1, 0.15) is 23.2 Å². The molecule has 1 atom stereocenters. The number of hydrogen-bond acceptors (Lipinski definition) is 6. The van der Waals surface area contributed by atoms with Crippen LogP contribution < -0.4 is 0 Å². The Kier molecular flexibility index (Phi) is 3.37. The first kappa shape index (κ1) is 13.0. The van der Waals surface area contributed by atoms with E-state index in [1.165, 1.54) is 18.2 Å². The van der Waals surface area contributed by atoms with Crippen LogP contribution in [0.3, 0.4) is 0 Å². The summed E-state index contributed by atoms with van der Waals surface area (Å²) in [5.74, 6) is -0.537. The number of likely N-dealkylation sites (N-methyl/N-ethyl adjacent to an activating group) is 1. The van der Waals surface area contributed by atoms with Crippen molar-refractivity contribution in [2.45, 2.75) is 6.10 Å². The molecule has 0 amide bonds. The highest BCUT2D eigenvalue weighted by molar-refractivity contribution is 5.62. The van der Waals surface area contributed by atoms with Crippen LogP contribution in [0.4, 0.5) is 4.39 Å². The van der Waals surface area contributed by atoms with E-state index in [0.29, 0.717) is 19.0 Å². The maximum atomic E-state index is 13.7. The summed E-state index contributed by atoms with van der Waals surface area (Å²) in [6, 6.07) is 4.00. The van der Waals surface area contributed by atoms with Gasteiger partial charge in [0, 0.05) is 13.1 Å². The molecule has 1 aliphatic rings. The third-order valence-corrected chi connectivity index (χ3v) is 3.20. The molecule has 0 spiro atoms. The average molecular weight is 279 g/mol. The van der Waals surface area contributed by atoms with Gasteiger partial charge in [-0.1, -0.05) is 11.2 Å². The van der Waals surface area contributed by atoms with Gasteiger partial charge in [0.25, 0.3) is 5.89 Å². The van der Waals surface area contributed by atoms with Crippen molar-refractivity contribution in [3.63, 3.8) is 0 Å². The van der Waals surface area contributed by atoms with Crippen molar-refractivity contribution in [3.8, 4) is 17.2 Å². The molecule has 1 aromatic carbocycles. The number of phenols is 1. The Hall–Kier alpha value is -1.99. The minimum absolute atomic E-state index is 0.0487. The Bertz CT molecular complexity index is 596. The Morgan fingerprint density at radius 2 is 2.30 bits per heavy atom. The summed E-state index contributed by atoms with van der Waals surface area (Å²) in [4.78, 5) is 6.22. The number of phenolic OH excluding ortho intramolecular Hbond substituents is 1. The molecule has 0 radical (unpaired) electrons. The lowest BCUT2D eigenvalue weighted by Crippen LogP contribution is -2.35. The summed E-state index contributed by atoms with van der Waals surface area (Å²) in [6.45, 7) is 2.06. The van der Waals surface area contributed by atoms with Gasteiger partial charge in [0.05, 0.1) is 6.61 Å². The fourth-order valence-electron chi connectivity index (χ4n) is 2.13. The molecule has 1 unspecified atom stereocenters. The zero-order valence-corrected chi connectivity index (χ0v) is 10.9. The third-order valence-electron chi connectivity index (χ3n) is 3.20.